The van der Waals surface area contributed by atoms with Crippen LogP contribution >= 0.6 is 11.3 Å². The van der Waals surface area contributed by atoms with E-state index in [0.717, 1.165) is 29.7 Å². The maximum Gasteiger partial charge on any atom is 0.339 e. The van der Waals surface area contributed by atoms with Crippen LogP contribution in [0.2, 0.25) is 0 Å². The molecule has 0 bridgehead atoms. The number of carboxylic acids is 1. The minimum absolute atomic E-state index is 0.0817. The Hall–Kier alpha value is -2.21. The Kier molecular flexibility index (Phi) is 4.66. The molecule has 1 unspecified atom stereocenters. The number of amides is 1. The maximum atomic E-state index is 12.9. The molecule has 2 N–H and O–H groups in total. The fraction of sp³-hybridized carbons (Fsp3) is 0.333. The molecule has 0 fully saturated rings. The topological polar surface area (TPSA) is 66.4 Å². The number of nitrogens with one attached hydrogen (secondary N) is 1. The second-order valence-electron chi connectivity index (χ2n) is 6.21. The van der Waals surface area contributed by atoms with Gasteiger partial charge in [0.15, 0.2) is 0 Å². The van der Waals surface area contributed by atoms with Gasteiger partial charge in [-0.25, -0.2) is 9.18 Å². The largest absolute Gasteiger partial charge is 0.478 e. The first-order valence-corrected chi connectivity index (χ1v) is 8.68. The molecule has 1 atom stereocenters. The minimum Gasteiger partial charge on any atom is -0.478 e. The quantitative estimate of drug-likeness (QED) is 0.882. The van der Waals surface area contributed by atoms with Crippen molar-refractivity contribution in [2.45, 2.75) is 32.6 Å². The molecule has 1 aromatic carbocycles. The van der Waals surface area contributed by atoms with Crippen molar-refractivity contribution in [3.63, 3.8) is 0 Å². The van der Waals surface area contributed by atoms with Gasteiger partial charge in [0.05, 0.1) is 12.0 Å². The third-order valence-corrected chi connectivity index (χ3v) is 5.43. The number of halogens is 1. The first-order valence-electron chi connectivity index (χ1n) is 7.86. The first-order chi connectivity index (χ1) is 11.4. The summed E-state index contributed by atoms with van der Waals surface area (Å²) in [6, 6.07) is 5.70. The number of carbonyl (C=O) groups excluding carboxylic acids is 1. The van der Waals surface area contributed by atoms with E-state index in [1.54, 1.807) is 12.1 Å². The summed E-state index contributed by atoms with van der Waals surface area (Å²) >= 11 is 1.36. The molecule has 1 heterocycles. The van der Waals surface area contributed by atoms with Crippen LogP contribution in [-0.2, 0) is 24.1 Å². The van der Waals surface area contributed by atoms with E-state index in [2.05, 4.69) is 12.2 Å². The van der Waals surface area contributed by atoms with E-state index < -0.39 is 5.97 Å². The zero-order valence-corrected chi connectivity index (χ0v) is 14.1. The van der Waals surface area contributed by atoms with E-state index in [9.17, 15) is 19.1 Å². The zero-order chi connectivity index (χ0) is 17.3. The number of hydrogen-bond acceptors (Lipinski definition) is 3. The van der Waals surface area contributed by atoms with Gasteiger partial charge in [-0.05, 0) is 48.4 Å². The number of benzene rings is 1. The van der Waals surface area contributed by atoms with Crippen LogP contribution in [0.4, 0.5) is 9.39 Å². The summed E-state index contributed by atoms with van der Waals surface area (Å²) in [6.07, 6.45) is 2.64. The summed E-state index contributed by atoms with van der Waals surface area (Å²) in [7, 11) is 0. The SMILES string of the molecule is CC1CCc2c(sc(NC(=O)Cc3ccc(F)cc3)c2C(=O)O)C1. The van der Waals surface area contributed by atoms with Gasteiger partial charge in [0.1, 0.15) is 10.8 Å². The van der Waals surface area contributed by atoms with Crippen molar-refractivity contribution in [2.24, 2.45) is 5.92 Å². The Labute approximate surface area is 143 Å². The van der Waals surface area contributed by atoms with Crippen LogP contribution in [0.15, 0.2) is 24.3 Å². The average Bonchev–Trinajstić information content (AvgIpc) is 2.86. The fourth-order valence-corrected chi connectivity index (χ4v) is 4.44. The van der Waals surface area contributed by atoms with Crippen LogP contribution in [0.5, 0.6) is 0 Å². The molecule has 24 heavy (non-hydrogen) atoms. The molecular formula is C18H18FNO3S. The molecule has 1 aliphatic carbocycles. The van der Waals surface area contributed by atoms with Gasteiger partial charge in [-0.15, -0.1) is 11.3 Å². The van der Waals surface area contributed by atoms with Crippen molar-refractivity contribution in [3.05, 3.63) is 51.7 Å². The first kappa shape index (κ1) is 16.6. The molecule has 6 heteroatoms. The fourth-order valence-electron chi connectivity index (χ4n) is 3.02. The lowest BCUT2D eigenvalue weighted by atomic mass is 9.88. The number of thiophene rings is 1. The predicted octanol–water partition coefficient (Wildman–Crippen LogP) is 3.89. The van der Waals surface area contributed by atoms with Gasteiger partial charge in [0.25, 0.3) is 0 Å². The highest BCUT2D eigenvalue weighted by molar-refractivity contribution is 7.17. The molecule has 1 aromatic heterocycles. The number of anilines is 1. The summed E-state index contributed by atoms with van der Waals surface area (Å²) in [5.74, 6) is -1.12. The van der Waals surface area contributed by atoms with E-state index >= 15 is 0 Å². The van der Waals surface area contributed by atoms with Gasteiger partial charge in [-0.2, -0.15) is 0 Å². The van der Waals surface area contributed by atoms with E-state index in [1.165, 1.54) is 23.5 Å². The number of hydrogen-bond donors (Lipinski definition) is 2. The molecule has 1 amide bonds. The molecule has 0 radical (unpaired) electrons. The van der Waals surface area contributed by atoms with Crippen LogP contribution in [0.1, 0.15) is 39.7 Å². The van der Waals surface area contributed by atoms with E-state index in [-0.39, 0.29) is 23.7 Å². The molecule has 0 saturated carbocycles. The van der Waals surface area contributed by atoms with Gasteiger partial charge in [-0.1, -0.05) is 19.1 Å². The third-order valence-electron chi connectivity index (χ3n) is 4.26. The highest BCUT2D eigenvalue weighted by atomic mass is 32.1. The number of fused-ring (bicyclic) bond motifs is 1. The molecule has 126 valence electrons. The van der Waals surface area contributed by atoms with E-state index in [1.807, 2.05) is 0 Å². The summed E-state index contributed by atoms with van der Waals surface area (Å²) in [4.78, 5) is 24.9. The molecular weight excluding hydrogens is 329 g/mol. The Morgan fingerprint density at radius 3 is 2.71 bits per heavy atom. The van der Waals surface area contributed by atoms with Crippen molar-refractivity contribution in [1.82, 2.24) is 0 Å². The minimum atomic E-state index is -1.00. The number of aromatic carboxylic acids is 1. The number of rotatable bonds is 4. The Balaban J connectivity index is 1.80. The monoisotopic (exact) mass is 347 g/mol. The highest BCUT2D eigenvalue weighted by Crippen LogP contribution is 2.39. The van der Waals surface area contributed by atoms with E-state index in [4.69, 9.17) is 0 Å². The van der Waals surface area contributed by atoms with Crippen molar-refractivity contribution in [1.29, 1.82) is 0 Å². The summed E-state index contributed by atoms with van der Waals surface area (Å²) < 4.78 is 12.9. The van der Waals surface area contributed by atoms with Gasteiger partial charge < -0.3 is 10.4 Å². The van der Waals surface area contributed by atoms with Crippen molar-refractivity contribution >= 4 is 28.2 Å². The normalized spacial score (nSPS) is 16.5. The second kappa shape index (κ2) is 6.73. The molecule has 1 aliphatic rings. The molecule has 0 spiro atoms. The van der Waals surface area contributed by atoms with Crippen molar-refractivity contribution < 1.29 is 19.1 Å². The van der Waals surface area contributed by atoms with Crippen LogP contribution in [0.25, 0.3) is 0 Å². The predicted molar refractivity (Wildman–Crippen MR) is 91.2 cm³/mol. The molecule has 3 rings (SSSR count). The highest BCUT2D eigenvalue weighted by Gasteiger charge is 2.28. The van der Waals surface area contributed by atoms with Gasteiger partial charge in [0.2, 0.25) is 5.91 Å². The third kappa shape index (κ3) is 3.48. The molecule has 4 nitrogen and oxygen atoms in total. The smallest absolute Gasteiger partial charge is 0.339 e. The molecule has 0 aliphatic heterocycles. The number of carbonyl (C=O) groups is 2. The zero-order valence-electron chi connectivity index (χ0n) is 13.3. The Morgan fingerprint density at radius 2 is 2.04 bits per heavy atom. The lowest BCUT2D eigenvalue weighted by Gasteiger charge is -2.17. The maximum absolute atomic E-state index is 12.9. The lowest BCUT2D eigenvalue weighted by molar-refractivity contribution is -0.115. The van der Waals surface area contributed by atoms with Crippen molar-refractivity contribution in [2.75, 3.05) is 5.32 Å². The Morgan fingerprint density at radius 1 is 1.33 bits per heavy atom. The van der Waals surface area contributed by atoms with Crippen LogP contribution in [0, 0.1) is 11.7 Å². The number of carboxylic acid groups (broad SMARTS) is 1. The summed E-state index contributed by atoms with van der Waals surface area (Å²) in [6.45, 7) is 2.15. The standard InChI is InChI=1S/C18H18FNO3S/c1-10-2-7-13-14(8-10)24-17(16(13)18(22)23)20-15(21)9-11-3-5-12(19)6-4-11/h3-6,10H,2,7-9H2,1H3,(H,20,21)(H,22,23). The molecule has 2 aromatic rings. The summed E-state index contributed by atoms with van der Waals surface area (Å²) in [5.41, 5.74) is 1.78. The second-order valence-corrected chi connectivity index (χ2v) is 7.32. The van der Waals surface area contributed by atoms with Crippen LogP contribution < -0.4 is 5.32 Å². The van der Waals surface area contributed by atoms with E-state index in [0.29, 0.717) is 16.5 Å². The van der Waals surface area contributed by atoms with Crippen molar-refractivity contribution in [3.8, 4) is 0 Å². The van der Waals surface area contributed by atoms with Crippen LogP contribution in [0.3, 0.4) is 0 Å². The lowest BCUT2D eigenvalue weighted by Crippen LogP contribution is -2.16. The van der Waals surface area contributed by atoms with Gasteiger partial charge >= 0.3 is 5.97 Å². The summed E-state index contributed by atoms with van der Waals surface area (Å²) in [5, 5.41) is 12.7. The Bertz CT molecular complexity index is 782. The average molecular weight is 347 g/mol. The van der Waals surface area contributed by atoms with Gasteiger partial charge in [-0.3, -0.25) is 4.79 Å². The molecule has 0 saturated heterocycles. The van der Waals surface area contributed by atoms with Gasteiger partial charge in [0, 0.05) is 4.88 Å². The van der Waals surface area contributed by atoms with Crippen LogP contribution in [-0.4, -0.2) is 17.0 Å².